The Kier molecular flexibility index (Phi) is 6.98. The molecule has 6 nitrogen and oxygen atoms in total. The highest BCUT2D eigenvalue weighted by Gasteiger charge is 2.21. The first-order valence-corrected chi connectivity index (χ1v) is 6.86. The number of esters is 1. The molecule has 2 N–H and O–H groups in total. The summed E-state index contributed by atoms with van der Waals surface area (Å²) in [5, 5.41) is 0.398. The zero-order chi connectivity index (χ0) is 15.8. The Hall–Kier alpha value is -1.79. The summed E-state index contributed by atoms with van der Waals surface area (Å²) >= 11 is 5.88. The van der Waals surface area contributed by atoms with Gasteiger partial charge in [0.1, 0.15) is 6.54 Å². The van der Waals surface area contributed by atoms with Crippen LogP contribution in [0.1, 0.15) is 17.3 Å². The van der Waals surface area contributed by atoms with Gasteiger partial charge in [-0.1, -0.05) is 11.6 Å². The maximum Gasteiger partial charge on any atom is 0.325 e. The molecule has 21 heavy (non-hydrogen) atoms. The van der Waals surface area contributed by atoms with Crippen molar-refractivity contribution in [3.8, 4) is 0 Å². The summed E-state index contributed by atoms with van der Waals surface area (Å²) in [6, 6.07) is 4.62. The highest BCUT2D eigenvalue weighted by molar-refractivity contribution is 6.31. The molecule has 0 atom stereocenters. The maximum atomic E-state index is 12.5. The van der Waals surface area contributed by atoms with Gasteiger partial charge in [0, 0.05) is 24.4 Å². The van der Waals surface area contributed by atoms with Crippen LogP contribution in [0.3, 0.4) is 0 Å². The number of amides is 1. The lowest BCUT2D eigenvalue weighted by atomic mass is 10.1. The molecular weight excluding hydrogens is 296 g/mol. The average Bonchev–Trinajstić information content (AvgIpc) is 2.45. The predicted octanol–water partition coefficient (Wildman–Crippen LogP) is 1.57. The van der Waals surface area contributed by atoms with Crippen LogP contribution in [0.2, 0.25) is 5.02 Å². The second-order valence-corrected chi connectivity index (χ2v) is 4.69. The Morgan fingerprint density at radius 3 is 2.71 bits per heavy atom. The molecule has 0 heterocycles. The third-order valence-corrected chi connectivity index (χ3v) is 2.96. The summed E-state index contributed by atoms with van der Waals surface area (Å²) in [6.45, 7) is 2.34. The highest BCUT2D eigenvalue weighted by atomic mass is 35.5. The van der Waals surface area contributed by atoms with E-state index in [9.17, 15) is 9.59 Å². The van der Waals surface area contributed by atoms with E-state index in [1.54, 1.807) is 19.1 Å². The minimum Gasteiger partial charge on any atom is -0.465 e. The second kappa shape index (κ2) is 8.49. The molecule has 0 saturated carbocycles. The minimum atomic E-state index is -0.484. The quantitative estimate of drug-likeness (QED) is 0.610. The van der Waals surface area contributed by atoms with Crippen molar-refractivity contribution in [2.75, 3.05) is 39.1 Å². The van der Waals surface area contributed by atoms with Crippen LogP contribution in [0, 0.1) is 0 Å². The van der Waals surface area contributed by atoms with Gasteiger partial charge in [-0.15, -0.1) is 0 Å². The van der Waals surface area contributed by atoms with E-state index in [-0.39, 0.29) is 31.2 Å². The number of nitrogens with two attached hydrogens (primary N) is 1. The molecule has 0 radical (unpaired) electrons. The van der Waals surface area contributed by atoms with Crippen LogP contribution in [0.25, 0.3) is 0 Å². The van der Waals surface area contributed by atoms with Gasteiger partial charge in [-0.05, 0) is 25.1 Å². The summed E-state index contributed by atoms with van der Waals surface area (Å²) in [6.07, 6.45) is 0. The van der Waals surface area contributed by atoms with E-state index in [0.29, 0.717) is 17.3 Å². The van der Waals surface area contributed by atoms with Gasteiger partial charge >= 0.3 is 5.97 Å². The van der Waals surface area contributed by atoms with Gasteiger partial charge in [0.15, 0.2) is 0 Å². The largest absolute Gasteiger partial charge is 0.465 e. The molecule has 116 valence electrons. The second-order valence-electron chi connectivity index (χ2n) is 4.26. The molecule has 0 saturated heterocycles. The number of nitrogens with zero attached hydrogens (tertiary/aromatic N) is 1. The van der Waals surface area contributed by atoms with E-state index >= 15 is 0 Å². The van der Waals surface area contributed by atoms with Crippen LogP contribution in [-0.2, 0) is 14.3 Å². The number of nitrogen functional groups attached to an aromatic ring is 1. The summed E-state index contributed by atoms with van der Waals surface area (Å²) in [4.78, 5) is 25.4. The Morgan fingerprint density at radius 1 is 1.38 bits per heavy atom. The smallest absolute Gasteiger partial charge is 0.325 e. The third kappa shape index (κ3) is 5.24. The number of benzene rings is 1. The fourth-order valence-electron chi connectivity index (χ4n) is 1.70. The Balaban J connectivity index is 2.92. The zero-order valence-corrected chi connectivity index (χ0v) is 12.9. The van der Waals surface area contributed by atoms with Crippen molar-refractivity contribution in [2.45, 2.75) is 6.92 Å². The SMILES string of the molecule is CCOC(=O)CN(CCOC)C(=O)c1cc(Cl)ccc1N. The summed E-state index contributed by atoms with van der Waals surface area (Å²) in [5.41, 5.74) is 6.35. The number of hydrogen-bond acceptors (Lipinski definition) is 5. The fourth-order valence-corrected chi connectivity index (χ4v) is 1.87. The molecule has 0 aliphatic carbocycles. The molecule has 0 aromatic heterocycles. The normalized spacial score (nSPS) is 10.2. The van der Waals surface area contributed by atoms with Crippen LogP contribution in [0.15, 0.2) is 18.2 Å². The van der Waals surface area contributed by atoms with E-state index in [4.69, 9.17) is 26.8 Å². The van der Waals surface area contributed by atoms with E-state index < -0.39 is 5.97 Å². The molecule has 1 rings (SSSR count). The minimum absolute atomic E-state index is 0.165. The van der Waals surface area contributed by atoms with Crippen molar-refractivity contribution in [3.05, 3.63) is 28.8 Å². The van der Waals surface area contributed by atoms with Gasteiger partial charge in [-0.25, -0.2) is 0 Å². The number of carbonyl (C=O) groups excluding carboxylic acids is 2. The number of ether oxygens (including phenoxy) is 2. The Labute approximate surface area is 128 Å². The topological polar surface area (TPSA) is 81.9 Å². The molecule has 0 bridgehead atoms. The molecule has 1 aromatic rings. The number of rotatable bonds is 7. The first-order chi connectivity index (χ1) is 9.99. The molecule has 0 aliphatic rings. The molecule has 0 spiro atoms. The van der Waals surface area contributed by atoms with E-state index in [2.05, 4.69) is 0 Å². The van der Waals surface area contributed by atoms with Crippen molar-refractivity contribution in [2.24, 2.45) is 0 Å². The maximum absolute atomic E-state index is 12.5. The molecular formula is C14H19ClN2O4. The first-order valence-electron chi connectivity index (χ1n) is 6.48. The average molecular weight is 315 g/mol. The molecule has 0 aliphatic heterocycles. The van der Waals surface area contributed by atoms with Gasteiger partial charge in [0.25, 0.3) is 5.91 Å². The van der Waals surface area contributed by atoms with Crippen LogP contribution >= 0.6 is 11.6 Å². The van der Waals surface area contributed by atoms with Crippen molar-refractivity contribution in [3.63, 3.8) is 0 Å². The van der Waals surface area contributed by atoms with Gasteiger partial charge < -0.3 is 20.1 Å². The van der Waals surface area contributed by atoms with Crippen molar-refractivity contribution in [1.82, 2.24) is 4.90 Å². The summed E-state index contributed by atoms with van der Waals surface area (Å²) in [7, 11) is 1.51. The highest BCUT2D eigenvalue weighted by Crippen LogP contribution is 2.19. The lowest BCUT2D eigenvalue weighted by Gasteiger charge is -2.22. The molecule has 0 unspecified atom stereocenters. The monoisotopic (exact) mass is 314 g/mol. The number of halogens is 1. The van der Waals surface area contributed by atoms with Crippen molar-refractivity contribution in [1.29, 1.82) is 0 Å². The van der Waals surface area contributed by atoms with E-state index in [1.165, 1.54) is 18.1 Å². The molecule has 0 fully saturated rings. The van der Waals surface area contributed by atoms with Crippen LogP contribution in [0.4, 0.5) is 5.69 Å². The zero-order valence-electron chi connectivity index (χ0n) is 12.1. The number of methoxy groups -OCH3 is 1. The Morgan fingerprint density at radius 2 is 2.10 bits per heavy atom. The van der Waals surface area contributed by atoms with Gasteiger partial charge in [-0.2, -0.15) is 0 Å². The van der Waals surface area contributed by atoms with Gasteiger partial charge in [0.05, 0.1) is 18.8 Å². The molecule has 7 heteroatoms. The number of anilines is 1. The summed E-state index contributed by atoms with van der Waals surface area (Å²) < 4.78 is 9.81. The summed E-state index contributed by atoms with van der Waals surface area (Å²) in [5.74, 6) is -0.873. The first kappa shape index (κ1) is 17.3. The van der Waals surface area contributed by atoms with Crippen LogP contribution in [-0.4, -0.2) is 50.2 Å². The lowest BCUT2D eigenvalue weighted by Crippen LogP contribution is -2.39. The predicted molar refractivity (Wildman–Crippen MR) is 80.3 cm³/mol. The van der Waals surface area contributed by atoms with Crippen LogP contribution in [0.5, 0.6) is 0 Å². The van der Waals surface area contributed by atoms with E-state index in [0.717, 1.165) is 0 Å². The van der Waals surface area contributed by atoms with Crippen LogP contribution < -0.4 is 5.73 Å². The van der Waals surface area contributed by atoms with E-state index in [1.807, 2.05) is 0 Å². The van der Waals surface area contributed by atoms with Crippen molar-refractivity contribution >= 4 is 29.2 Å². The third-order valence-electron chi connectivity index (χ3n) is 2.72. The Bertz CT molecular complexity index is 508. The fraction of sp³-hybridized carbons (Fsp3) is 0.429. The van der Waals surface area contributed by atoms with Crippen molar-refractivity contribution < 1.29 is 19.1 Å². The lowest BCUT2D eigenvalue weighted by molar-refractivity contribution is -0.143. The number of carbonyl (C=O) groups is 2. The molecule has 1 aromatic carbocycles. The molecule has 1 amide bonds. The van der Waals surface area contributed by atoms with Gasteiger partial charge in [-0.3, -0.25) is 9.59 Å². The standard InChI is InChI=1S/C14H19ClN2O4/c1-3-21-13(18)9-17(6-7-20-2)14(19)11-8-10(15)4-5-12(11)16/h4-5,8H,3,6-7,9,16H2,1-2H3. The number of hydrogen-bond donors (Lipinski definition) is 1. The van der Waals surface area contributed by atoms with Gasteiger partial charge in [0.2, 0.25) is 0 Å².